The number of benzene rings is 1. The number of rotatable bonds is 2. The summed E-state index contributed by atoms with van der Waals surface area (Å²) in [6.07, 6.45) is 1.69. The molecule has 2 rings (SSSR count). The van der Waals surface area contributed by atoms with E-state index in [1.54, 1.807) is 24.3 Å². The Labute approximate surface area is 112 Å². The van der Waals surface area contributed by atoms with Gasteiger partial charge in [-0.05, 0) is 37.1 Å². The second kappa shape index (κ2) is 5.84. The van der Waals surface area contributed by atoms with Crippen LogP contribution in [0.2, 0.25) is 0 Å². The summed E-state index contributed by atoms with van der Waals surface area (Å²) in [7, 11) is 0. The van der Waals surface area contributed by atoms with E-state index in [4.69, 9.17) is 10.5 Å². The highest BCUT2D eigenvalue weighted by molar-refractivity contribution is 5.94. The third kappa shape index (κ3) is 3.54. The van der Waals surface area contributed by atoms with Crippen molar-refractivity contribution in [2.24, 2.45) is 5.73 Å². The van der Waals surface area contributed by atoms with E-state index >= 15 is 0 Å². The van der Waals surface area contributed by atoms with Crippen LogP contribution in [0.3, 0.4) is 0 Å². The summed E-state index contributed by atoms with van der Waals surface area (Å²) >= 11 is 0. The lowest BCUT2D eigenvalue weighted by molar-refractivity contribution is -0.131. The van der Waals surface area contributed by atoms with Crippen molar-refractivity contribution in [1.82, 2.24) is 4.90 Å². The number of carbonyl (C=O) groups excluding carboxylic acids is 2. The van der Waals surface area contributed by atoms with Crippen molar-refractivity contribution < 1.29 is 14.3 Å². The van der Waals surface area contributed by atoms with Crippen LogP contribution in [0.25, 0.3) is 0 Å². The Morgan fingerprint density at radius 2 is 1.79 bits per heavy atom. The quantitative estimate of drug-likeness (QED) is 0.641. The van der Waals surface area contributed by atoms with Crippen LogP contribution in [-0.4, -0.2) is 35.9 Å². The Morgan fingerprint density at radius 1 is 1.21 bits per heavy atom. The van der Waals surface area contributed by atoms with Crippen molar-refractivity contribution in [2.45, 2.75) is 25.8 Å². The molecule has 1 fully saturated rings. The van der Waals surface area contributed by atoms with E-state index < -0.39 is 0 Å². The molecule has 0 bridgehead atoms. The molecule has 1 aliphatic rings. The van der Waals surface area contributed by atoms with Crippen molar-refractivity contribution in [3.8, 4) is 5.75 Å². The SMILES string of the molecule is CC(=O)Oc1ccc(C(=O)N2CCC(N)CC2)cc1. The second-order valence-electron chi connectivity index (χ2n) is 4.75. The summed E-state index contributed by atoms with van der Waals surface area (Å²) in [6.45, 7) is 2.74. The Balaban J connectivity index is 2.01. The molecule has 5 nitrogen and oxygen atoms in total. The van der Waals surface area contributed by atoms with Crippen LogP contribution in [0.15, 0.2) is 24.3 Å². The standard InChI is InChI=1S/C14H18N2O3/c1-10(17)19-13-4-2-11(3-5-13)14(18)16-8-6-12(15)7-9-16/h2-5,12H,6-9,15H2,1H3. The molecular weight excluding hydrogens is 244 g/mol. The van der Waals surface area contributed by atoms with Gasteiger partial charge in [0, 0.05) is 31.6 Å². The van der Waals surface area contributed by atoms with Crippen LogP contribution >= 0.6 is 0 Å². The van der Waals surface area contributed by atoms with Gasteiger partial charge in [0.1, 0.15) is 5.75 Å². The van der Waals surface area contributed by atoms with Gasteiger partial charge in [-0.1, -0.05) is 0 Å². The molecule has 0 atom stereocenters. The van der Waals surface area contributed by atoms with Gasteiger partial charge in [0.25, 0.3) is 5.91 Å². The second-order valence-corrected chi connectivity index (χ2v) is 4.75. The summed E-state index contributed by atoms with van der Waals surface area (Å²) in [4.78, 5) is 24.8. The average Bonchev–Trinajstić information content (AvgIpc) is 2.39. The van der Waals surface area contributed by atoms with Crippen LogP contribution in [-0.2, 0) is 4.79 Å². The molecular formula is C14H18N2O3. The van der Waals surface area contributed by atoms with Crippen LogP contribution in [0.1, 0.15) is 30.1 Å². The molecule has 0 radical (unpaired) electrons. The first-order chi connectivity index (χ1) is 9.06. The van der Waals surface area contributed by atoms with Gasteiger partial charge in [-0.25, -0.2) is 0 Å². The molecule has 1 aromatic carbocycles. The fourth-order valence-electron chi connectivity index (χ4n) is 2.12. The smallest absolute Gasteiger partial charge is 0.308 e. The number of nitrogens with two attached hydrogens (primary N) is 1. The largest absolute Gasteiger partial charge is 0.427 e. The maximum atomic E-state index is 12.2. The minimum atomic E-state index is -0.371. The van der Waals surface area contributed by atoms with Crippen molar-refractivity contribution in [1.29, 1.82) is 0 Å². The summed E-state index contributed by atoms with van der Waals surface area (Å²) < 4.78 is 4.93. The van der Waals surface area contributed by atoms with Crippen LogP contribution in [0.5, 0.6) is 5.75 Å². The first-order valence-electron chi connectivity index (χ1n) is 6.39. The maximum absolute atomic E-state index is 12.2. The Kier molecular flexibility index (Phi) is 4.16. The summed E-state index contributed by atoms with van der Waals surface area (Å²) in [5, 5.41) is 0. The minimum absolute atomic E-state index is 0.00118. The molecule has 1 saturated heterocycles. The van der Waals surface area contributed by atoms with Gasteiger partial charge in [-0.3, -0.25) is 9.59 Å². The number of ether oxygens (including phenoxy) is 1. The lowest BCUT2D eigenvalue weighted by Crippen LogP contribution is -2.42. The van der Waals surface area contributed by atoms with Gasteiger partial charge in [0.05, 0.1) is 0 Å². The number of carbonyl (C=O) groups is 2. The van der Waals surface area contributed by atoms with Crippen LogP contribution < -0.4 is 10.5 Å². The predicted octanol–water partition coefficient (Wildman–Crippen LogP) is 1.18. The Morgan fingerprint density at radius 3 is 2.32 bits per heavy atom. The van der Waals surface area contributed by atoms with E-state index in [1.807, 2.05) is 4.90 Å². The normalized spacial score (nSPS) is 16.2. The minimum Gasteiger partial charge on any atom is -0.427 e. The number of hydrogen-bond acceptors (Lipinski definition) is 4. The van der Waals surface area contributed by atoms with Gasteiger partial charge in [-0.2, -0.15) is 0 Å². The highest BCUT2D eigenvalue weighted by atomic mass is 16.5. The molecule has 19 heavy (non-hydrogen) atoms. The zero-order chi connectivity index (χ0) is 13.8. The van der Waals surface area contributed by atoms with Crippen LogP contribution in [0, 0.1) is 0 Å². The number of hydrogen-bond donors (Lipinski definition) is 1. The van der Waals surface area contributed by atoms with E-state index in [-0.39, 0.29) is 17.9 Å². The van der Waals surface area contributed by atoms with Crippen molar-refractivity contribution >= 4 is 11.9 Å². The lowest BCUT2D eigenvalue weighted by atomic mass is 10.0. The van der Waals surface area contributed by atoms with Gasteiger partial charge in [-0.15, -0.1) is 0 Å². The molecule has 102 valence electrons. The monoisotopic (exact) mass is 262 g/mol. The molecule has 1 aromatic rings. The van der Waals surface area contributed by atoms with Crippen molar-refractivity contribution in [3.63, 3.8) is 0 Å². The molecule has 1 heterocycles. The number of likely N-dealkylation sites (tertiary alicyclic amines) is 1. The molecule has 0 aliphatic carbocycles. The molecule has 2 N–H and O–H groups in total. The highest BCUT2D eigenvalue weighted by Gasteiger charge is 2.21. The molecule has 0 aromatic heterocycles. The number of piperidine rings is 1. The zero-order valence-electron chi connectivity index (χ0n) is 11.0. The first-order valence-corrected chi connectivity index (χ1v) is 6.39. The predicted molar refractivity (Wildman–Crippen MR) is 70.9 cm³/mol. The maximum Gasteiger partial charge on any atom is 0.308 e. The summed E-state index contributed by atoms with van der Waals surface area (Å²) in [5.41, 5.74) is 6.42. The lowest BCUT2D eigenvalue weighted by Gasteiger charge is -2.30. The summed E-state index contributed by atoms with van der Waals surface area (Å²) in [5.74, 6) is 0.0788. The van der Waals surface area contributed by atoms with Crippen molar-refractivity contribution in [3.05, 3.63) is 29.8 Å². The fourth-order valence-corrected chi connectivity index (χ4v) is 2.12. The van der Waals surface area contributed by atoms with E-state index in [1.165, 1.54) is 6.92 Å². The van der Waals surface area contributed by atoms with Crippen molar-refractivity contribution in [2.75, 3.05) is 13.1 Å². The molecule has 5 heteroatoms. The Bertz CT molecular complexity index is 462. The van der Waals surface area contributed by atoms with Gasteiger partial charge in [0.15, 0.2) is 0 Å². The first kappa shape index (κ1) is 13.5. The van der Waals surface area contributed by atoms with E-state index in [0.717, 1.165) is 12.8 Å². The number of amides is 1. The van der Waals surface area contributed by atoms with E-state index in [2.05, 4.69) is 0 Å². The highest BCUT2D eigenvalue weighted by Crippen LogP contribution is 2.16. The van der Waals surface area contributed by atoms with E-state index in [0.29, 0.717) is 24.4 Å². The zero-order valence-corrected chi connectivity index (χ0v) is 11.0. The molecule has 0 unspecified atom stereocenters. The number of esters is 1. The molecule has 1 aliphatic heterocycles. The summed E-state index contributed by atoms with van der Waals surface area (Å²) in [6, 6.07) is 6.81. The topological polar surface area (TPSA) is 72.6 Å². The van der Waals surface area contributed by atoms with Gasteiger partial charge < -0.3 is 15.4 Å². The molecule has 0 saturated carbocycles. The third-order valence-electron chi connectivity index (χ3n) is 3.19. The fraction of sp³-hybridized carbons (Fsp3) is 0.429. The molecule has 0 spiro atoms. The van der Waals surface area contributed by atoms with Crippen LogP contribution in [0.4, 0.5) is 0 Å². The van der Waals surface area contributed by atoms with Gasteiger partial charge >= 0.3 is 5.97 Å². The van der Waals surface area contributed by atoms with Gasteiger partial charge in [0.2, 0.25) is 0 Å². The third-order valence-corrected chi connectivity index (χ3v) is 3.19. The number of nitrogens with zero attached hydrogens (tertiary/aromatic N) is 1. The Hall–Kier alpha value is -1.88. The molecule has 1 amide bonds. The van der Waals surface area contributed by atoms with E-state index in [9.17, 15) is 9.59 Å². The average molecular weight is 262 g/mol.